The van der Waals surface area contributed by atoms with E-state index in [1.807, 2.05) is 0 Å². The molecule has 0 spiro atoms. The first-order valence-electron chi connectivity index (χ1n) is 5.68. The minimum absolute atomic E-state index is 0.147. The van der Waals surface area contributed by atoms with Crippen molar-refractivity contribution in [1.29, 1.82) is 0 Å². The topological polar surface area (TPSA) is 75.6 Å². The third kappa shape index (κ3) is 3.30. The molecule has 5 heteroatoms. The molecule has 0 aliphatic heterocycles. The Labute approximate surface area is 106 Å². The van der Waals surface area contributed by atoms with Crippen LogP contribution in [0.2, 0.25) is 0 Å². The van der Waals surface area contributed by atoms with Crippen LogP contribution in [-0.2, 0) is 19.9 Å². The van der Waals surface area contributed by atoms with E-state index in [-0.39, 0.29) is 6.61 Å². The van der Waals surface area contributed by atoms with Crippen LogP contribution in [0.1, 0.15) is 19.4 Å². The smallest absolute Gasteiger partial charge is 0.333 e. The summed E-state index contributed by atoms with van der Waals surface area (Å²) in [6.07, 6.45) is 0. The molecule has 0 aromatic heterocycles. The minimum Gasteiger partial charge on any atom is -0.479 e. The summed E-state index contributed by atoms with van der Waals surface area (Å²) in [4.78, 5) is 23.0. The first-order valence-corrected chi connectivity index (χ1v) is 5.68. The SMILES string of the molecule is CCOCC(=O)NC(C)(C(=O)O)c1ccccc1. The molecule has 0 fully saturated rings. The van der Waals surface area contributed by atoms with Crippen LogP contribution in [0.15, 0.2) is 30.3 Å². The van der Waals surface area contributed by atoms with Crippen LogP contribution in [0.3, 0.4) is 0 Å². The van der Waals surface area contributed by atoms with Crippen molar-refractivity contribution in [3.8, 4) is 0 Å². The Morgan fingerprint density at radius 3 is 2.44 bits per heavy atom. The lowest BCUT2D eigenvalue weighted by molar-refractivity contribution is -0.148. The van der Waals surface area contributed by atoms with Gasteiger partial charge in [-0.25, -0.2) is 4.79 Å². The van der Waals surface area contributed by atoms with E-state index >= 15 is 0 Å². The number of carbonyl (C=O) groups excluding carboxylic acids is 1. The van der Waals surface area contributed by atoms with Gasteiger partial charge in [0.25, 0.3) is 0 Å². The Morgan fingerprint density at radius 1 is 1.33 bits per heavy atom. The van der Waals surface area contributed by atoms with Crippen molar-refractivity contribution in [3.63, 3.8) is 0 Å². The third-order valence-electron chi connectivity index (χ3n) is 2.61. The van der Waals surface area contributed by atoms with Crippen molar-refractivity contribution in [2.75, 3.05) is 13.2 Å². The summed E-state index contributed by atoms with van der Waals surface area (Å²) >= 11 is 0. The van der Waals surface area contributed by atoms with Gasteiger partial charge in [-0.15, -0.1) is 0 Å². The maximum atomic E-state index is 11.6. The Balaban J connectivity index is 2.89. The summed E-state index contributed by atoms with van der Waals surface area (Å²) in [5.41, 5.74) is -0.933. The average molecular weight is 251 g/mol. The fourth-order valence-corrected chi connectivity index (χ4v) is 1.53. The number of hydrogen-bond donors (Lipinski definition) is 2. The van der Waals surface area contributed by atoms with Crippen LogP contribution in [0, 0.1) is 0 Å². The minimum atomic E-state index is -1.45. The number of amides is 1. The van der Waals surface area contributed by atoms with E-state index in [0.29, 0.717) is 12.2 Å². The van der Waals surface area contributed by atoms with Crippen LogP contribution >= 0.6 is 0 Å². The number of carboxylic acid groups (broad SMARTS) is 1. The standard InChI is InChI=1S/C13H17NO4/c1-3-18-9-11(15)14-13(2,12(16)17)10-7-5-4-6-8-10/h4-8H,3,9H2,1-2H3,(H,14,15)(H,16,17). The summed E-state index contributed by atoms with van der Waals surface area (Å²) < 4.78 is 4.95. The van der Waals surface area contributed by atoms with E-state index < -0.39 is 17.4 Å². The molecule has 2 N–H and O–H groups in total. The van der Waals surface area contributed by atoms with Crippen molar-refractivity contribution in [1.82, 2.24) is 5.32 Å². The van der Waals surface area contributed by atoms with Crippen molar-refractivity contribution in [2.45, 2.75) is 19.4 Å². The van der Waals surface area contributed by atoms with Crippen LogP contribution in [0.4, 0.5) is 0 Å². The van der Waals surface area contributed by atoms with Gasteiger partial charge in [0.15, 0.2) is 5.54 Å². The second-order valence-corrected chi connectivity index (χ2v) is 3.98. The van der Waals surface area contributed by atoms with Gasteiger partial charge >= 0.3 is 5.97 Å². The quantitative estimate of drug-likeness (QED) is 0.795. The van der Waals surface area contributed by atoms with E-state index in [9.17, 15) is 14.7 Å². The van der Waals surface area contributed by atoms with Crippen LogP contribution in [0.5, 0.6) is 0 Å². The molecular weight excluding hydrogens is 234 g/mol. The van der Waals surface area contributed by atoms with Crippen molar-refractivity contribution < 1.29 is 19.4 Å². The molecule has 0 heterocycles. The van der Waals surface area contributed by atoms with Gasteiger partial charge < -0.3 is 15.2 Å². The maximum absolute atomic E-state index is 11.6. The highest BCUT2D eigenvalue weighted by Crippen LogP contribution is 2.20. The highest BCUT2D eigenvalue weighted by molar-refractivity contribution is 5.88. The second kappa shape index (κ2) is 6.16. The zero-order valence-electron chi connectivity index (χ0n) is 10.5. The Morgan fingerprint density at radius 2 is 1.94 bits per heavy atom. The van der Waals surface area contributed by atoms with E-state index in [1.54, 1.807) is 37.3 Å². The molecule has 0 saturated carbocycles. The number of aliphatic carboxylic acids is 1. The fourth-order valence-electron chi connectivity index (χ4n) is 1.53. The van der Waals surface area contributed by atoms with Crippen molar-refractivity contribution in [2.24, 2.45) is 0 Å². The molecule has 0 aliphatic carbocycles. The first kappa shape index (κ1) is 14.2. The van der Waals surface area contributed by atoms with Gasteiger partial charge in [0, 0.05) is 6.61 Å². The summed E-state index contributed by atoms with van der Waals surface area (Å²) in [6.45, 7) is 3.48. The van der Waals surface area contributed by atoms with E-state index in [2.05, 4.69) is 5.32 Å². The molecule has 0 saturated heterocycles. The predicted molar refractivity (Wildman–Crippen MR) is 66.1 cm³/mol. The Bertz CT molecular complexity index is 418. The first-order chi connectivity index (χ1) is 8.50. The summed E-state index contributed by atoms with van der Waals surface area (Å²) in [7, 11) is 0. The molecule has 1 rings (SSSR count). The summed E-state index contributed by atoms with van der Waals surface area (Å²) in [5.74, 6) is -1.57. The van der Waals surface area contributed by atoms with Gasteiger partial charge in [-0.1, -0.05) is 30.3 Å². The number of benzene rings is 1. The van der Waals surface area contributed by atoms with Crippen molar-refractivity contribution in [3.05, 3.63) is 35.9 Å². The maximum Gasteiger partial charge on any atom is 0.333 e. The van der Waals surface area contributed by atoms with Crippen molar-refractivity contribution >= 4 is 11.9 Å². The number of rotatable bonds is 6. The number of ether oxygens (including phenoxy) is 1. The van der Waals surface area contributed by atoms with E-state index in [4.69, 9.17) is 4.74 Å². The zero-order valence-corrected chi connectivity index (χ0v) is 10.5. The largest absolute Gasteiger partial charge is 0.479 e. The number of carboxylic acids is 1. The summed E-state index contributed by atoms with van der Waals surface area (Å²) in [6, 6.07) is 8.56. The van der Waals surface area contributed by atoms with Gasteiger partial charge in [-0.05, 0) is 19.4 Å². The van der Waals surface area contributed by atoms with Gasteiger partial charge in [0.2, 0.25) is 5.91 Å². The van der Waals surface area contributed by atoms with Gasteiger partial charge in [0.1, 0.15) is 6.61 Å². The van der Waals surface area contributed by atoms with Gasteiger partial charge in [-0.3, -0.25) is 4.79 Å². The lowest BCUT2D eigenvalue weighted by atomic mass is 9.92. The van der Waals surface area contributed by atoms with E-state index in [0.717, 1.165) is 0 Å². The molecule has 1 aromatic rings. The zero-order chi connectivity index (χ0) is 13.6. The number of hydrogen-bond acceptors (Lipinski definition) is 3. The molecule has 0 bridgehead atoms. The third-order valence-corrected chi connectivity index (χ3v) is 2.61. The molecule has 0 radical (unpaired) electrons. The molecule has 5 nitrogen and oxygen atoms in total. The highest BCUT2D eigenvalue weighted by atomic mass is 16.5. The molecule has 1 aromatic carbocycles. The van der Waals surface area contributed by atoms with Gasteiger partial charge in [0.05, 0.1) is 0 Å². The van der Waals surface area contributed by atoms with Crippen LogP contribution < -0.4 is 5.32 Å². The average Bonchev–Trinajstić information content (AvgIpc) is 2.37. The molecule has 1 atom stereocenters. The molecular formula is C13H17NO4. The second-order valence-electron chi connectivity index (χ2n) is 3.98. The molecule has 1 unspecified atom stereocenters. The Kier molecular flexibility index (Phi) is 4.85. The molecule has 0 aliphatic rings. The van der Waals surface area contributed by atoms with E-state index in [1.165, 1.54) is 6.92 Å². The lowest BCUT2D eigenvalue weighted by Gasteiger charge is -2.26. The highest BCUT2D eigenvalue weighted by Gasteiger charge is 2.36. The number of carbonyl (C=O) groups is 2. The van der Waals surface area contributed by atoms with Crippen LogP contribution in [0.25, 0.3) is 0 Å². The Hall–Kier alpha value is -1.88. The fraction of sp³-hybridized carbons (Fsp3) is 0.385. The normalized spacial score (nSPS) is 13.7. The molecule has 98 valence electrons. The monoisotopic (exact) mass is 251 g/mol. The van der Waals surface area contributed by atoms with Crippen LogP contribution in [-0.4, -0.2) is 30.2 Å². The summed E-state index contributed by atoms with van der Waals surface area (Å²) in [5, 5.41) is 11.8. The van der Waals surface area contributed by atoms with Gasteiger partial charge in [-0.2, -0.15) is 0 Å². The molecule has 18 heavy (non-hydrogen) atoms. The lowest BCUT2D eigenvalue weighted by Crippen LogP contribution is -2.50. The predicted octanol–water partition coefficient (Wildman–Crippen LogP) is 1.14. The molecule has 1 amide bonds. The number of nitrogens with one attached hydrogen (secondary N) is 1.